The molecule has 6 heteroatoms. The Balaban J connectivity index is 2.54. The molecule has 0 unspecified atom stereocenters. The zero-order valence-electron chi connectivity index (χ0n) is 7.92. The van der Waals surface area contributed by atoms with Crippen molar-refractivity contribution in [3.8, 4) is 11.4 Å². The molecule has 1 aromatic carbocycles. The van der Waals surface area contributed by atoms with Crippen LogP contribution in [0.5, 0.6) is 0 Å². The third-order valence-electron chi connectivity index (χ3n) is 1.94. The number of halogens is 3. The molecule has 0 spiro atoms. The van der Waals surface area contributed by atoms with Gasteiger partial charge in [-0.3, -0.25) is 0 Å². The van der Waals surface area contributed by atoms with Crippen molar-refractivity contribution >= 4 is 33.3 Å². The van der Waals surface area contributed by atoms with Gasteiger partial charge >= 0.3 is 0 Å². The fourth-order valence-corrected chi connectivity index (χ4v) is 1.62. The minimum atomic E-state index is -0.404. The lowest BCUT2D eigenvalue weighted by atomic mass is 10.2. The first-order valence-electron chi connectivity index (χ1n) is 4.31. The van der Waals surface area contributed by atoms with E-state index in [4.69, 9.17) is 17.3 Å². The van der Waals surface area contributed by atoms with Crippen LogP contribution in [0.4, 0.5) is 10.2 Å². The van der Waals surface area contributed by atoms with Crippen molar-refractivity contribution in [3.05, 3.63) is 39.7 Å². The summed E-state index contributed by atoms with van der Waals surface area (Å²) in [4.78, 5) is 8.10. The molecule has 0 radical (unpaired) electrons. The first-order valence-corrected chi connectivity index (χ1v) is 5.48. The highest BCUT2D eigenvalue weighted by Gasteiger charge is 2.09. The molecule has 0 atom stereocenters. The molecule has 0 aliphatic carbocycles. The molecule has 3 nitrogen and oxygen atoms in total. The standard InChI is InChI=1S/C10H6BrClFN3/c11-7-4-15-10(16-9(7)14)6-2-1-5(13)3-8(6)12/h1-4H,(H2,14,15,16). The van der Waals surface area contributed by atoms with Crippen LogP contribution in [-0.4, -0.2) is 9.97 Å². The van der Waals surface area contributed by atoms with Gasteiger partial charge in [-0.05, 0) is 34.1 Å². The van der Waals surface area contributed by atoms with Crippen molar-refractivity contribution < 1.29 is 4.39 Å². The number of hydrogen-bond donors (Lipinski definition) is 1. The predicted octanol–water partition coefficient (Wildman–Crippen LogP) is 3.28. The molecule has 16 heavy (non-hydrogen) atoms. The number of nitrogen functional groups attached to an aromatic ring is 1. The second kappa shape index (κ2) is 4.35. The fraction of sp³-hybridized carbons (Fsp3) is 0. The number of benzene rings is 1. The smallest absolute Gasteiger partial charge is 0.163 e. The van der Waals surface area contributed by atoms with E-state index >= 15 is 0 Å². The van der Waals surface area contributed by atoms with Gasteiger partial charge in [0.2, 0.25) is 0 Å². The summed E-state index contributed by atoms with van der Waals surface area (Å²) in [5.41, 5.74) is 6.17. The summed E-state index contributed by atoms with van der Waals surface area (Å²) in [6, 6.07) is 4.02. The highest BCUT2D eigenvalue weighted by molar-refractivity contribution is 9.10. The van der Waals surface area contributed by atoms with Crippen LogP contribution in [0.3, 0.4) is 0 Å². The zero-order valence-corrected chi connectivity index (χ0v) is 10.3. The maximum Gasteiger partial charge on any atom is 0.163 e. The highest BCUT2D eigenvalue weighted by atomic mass is 79.9. The van der Waals surface area contributed by atoms with Crippen LogP contribution in [-0.2, 0) is 0 Å². The largest absolute Gasteiger partial charge is 0.383 e. The second-order valence-corrected chi connectivity index (χ2v) is 4.31. The topological polar surface area (TPSA) is 51.8 Å². The lowest BCUT2D eigenvalue weighted by Gasteiger charge is -2.04. The molecule has 1 aromatic heterocycles. The van der Waals surface area contributed by atoms with Gasteiger partial charge in [0.25, 0.3) is 0 Å². The molecule has 0 saturated carbocycles. The Labute approximate surface area is 105 Å². The van der Waals surface area contributed by atoms with Crippen LogP contribution in [0.15, 0.2) is 28.9 Å². The van der Waals surface area contributed by atoms with Gasteiger partial charge in [0, 0.05) is 11.8 Å². The lowest BCUT2D eigenvalue weighted by Crippen LogP contribution is -1.97. The van der Waals surface area contributed by atoms with Gasteiger partial charge in [-0.15, -0.1) is 0 Å². The van der Waals surface area contributed by atoms with E-state index in [-0.39, 0.29) is 5.02 Å². The predicted molar refractivity (Wildman–Crippen MR) is 64.5 cm³/mol. The number of aromatic nitrogens is 2. The maximum atomic E-state index is 12.8. The molecular formula is C10H6BrClFN3. The molecule has 1 heterocycles. The van der Waals surface area contributed by atoms with E-state index in [0.29, 0.717) is 21.7 Å². The summed E-state index contributed by atoms with van der Waals surface area (Å²) < 4.78 is 13.5. The van der Waals surface area contributed by atoms with Gasteiger partial charge in [-0.1, -0.05) is 11.6 Å². The van der Waals surface area contributed by atoms with E-state index in [1.54, 1.807) is 0 Å². The first-order chi connectivity index (χ1) is 7.58. The molecule has 2 N–H and O–H groups in total. The van der Waals surface area contributed by atoms with E-state index in [1.165, 1.54) is 24.4 Å². The lowest BCUT2D eigenvalue weighted by molar-refractivity contribution is 0.628. The molecular weight excluding hydrogens is 296 g/mol. The Morgan fingerprint density at radius 2 is 2.12 bits per heavy atom. The van der Waals surface area contributed by atoms with Crippen molar-refractivity contribution in [1.29, 1.82) is 0 Å². The third-order valence-corrected chi connectivity index (χ3v) is 2.87. The average molecular weight is 303 g/mol. The summed E-state index contributed by atoms with van der Waals surface area (Å²) in [6.45, 7) is 0. The molecule has 0 amide bonds. The Bertz CT molecular complexity index is 548. The monoisotopic (exact) mass is 301 g/mol. The molecule has 2 aromatic rings. The Morgan fingerprint density at radius 3 is 2.75 bits per heavy atom. The van der Waals surface area contributed by atoms with Crippen molar-refractivity contribution in [2.75, 3.05) is 5.73 Å². The number of nitrogens with zero attached hydrogens (tertiary/aromatic N) is 2. The van der Waals surface area contributed by atoms with Crippen molar-refractivity contribution in [3.63, 3.8) is 0 Å². The minimum Gasteiger partial charge on any atom is -0.383 e. The number of rotatable bonds is 1. The summed E-state index contributed by atoms with van der Waals surface area (Å²) in [5, 5.41) is 0.252. The SMILES string of the molecule is Nc1nc(-c2ccc(F)cc2Cl)ncc1Br. The molecule has 0 aliphatic heterocycles. The van der Waals surface area contributed by atoms with Crippen molar-refractivity contribution in [2.24, 2.45) is 0 Å². The van der Waals surface area contributed by atoms with Gasteiger partial charge in [0.05, 0.1) is 9.50 Å². The number of hydrogen-bond acceptors (Lipinski definition) is 3. The van der Waals surface area contributed by atoms with Crippen LogP contribution >= 0.6 is 27.5 Å². The fourth-order valence-electron chi connectivity index (χ4n) is 1.18. The average Bonchev–Trinajstić information content (AvgIpc) is 2.22. The van der Waals surface area contributed by atoms with Gasteiger partial charge in [-0.25, -0.2) is 14.4 Å². The Morgan fingerprint density at radius 1 is 1.38 bits per heavy atom. The highest BCUT2D eigenvalue weighted by Crippen LogP contribution is 2.27. The summed E-state index contributed by atoms with van der Waals surface area (Å²) in [7, 11) is 0. The summed E-state index contributed by atoms with van der Waals surface area (Å²) in [5.74, 6) is 0.273. The number of anilines is 1. The normalized spacial score (nSPS) is 10.4. The zero-order chi connectivity index (χ0) is 11.7. The van der Waals surface area contributed by atoms with Crippen molar-refractivity contribution in [1.82, 2.24) is 9.97 Å². The Kier molecular flexibility index (Phi) is 3.07. The molecule has 0 saturated heterocycles. The van der Waals surface area contributed by atoms with Gasteiger partial charge in [0.15, 0.2) is 5.82 Å². The van der Waals surface area contributed by atoms with Crippen LogP contribution in [0.25, 0.3) is 11.4 Å². The Hall–Kier alpha value is -1.20. The van der Waals surface area contributed by atoms with Crippen molar-refractivity contribution in [2.45, 2.75) is 0 Å². The van der Waals surface area contributed by atoms with Crippen LogP contribution < -0.4 is 5.73 Å². The van der Waals surface area contributed by atoms with Gasteiger partial charge in [0.1, 0.15) is 11.6 Å². The van der Waals surface area contributed by atoms with E-state index in [0.717, 1.165) is 0 Å². The maximum absolute atomic E-state index is 12.8. The third kappa shape index (κ3) is 2.15. The second-order valence-electron chi connectivity index (χ2n) is 3.05. The van der Waals surface area contributed by atoms with E-state index in [2.05, 4.69) is 25.9 Å². The van der Waals surface area contributed by atoms with E-state index in [9.17, 15) is 4.39 Å². The summed E-state index contributed by atoms with van der Waals surface area (Å²) >= 11 is 9.07. The van der Waals surface area contributed by atoms with Gasteiger partial charge in [-0.2, -0.15) is 0 Å². The molecule has 0 aliphatic rings. The molecule has 2 rings (SSSR count). The van der Waals surface area contributed by atoms with Gasteiger partial charge < -0.3 is 5.73 Å². The summed E-state index contributed by atoms with van der Waals surface area (Å²) in [6.07, 6.45) is 1.53. The minimum absolute atomic E-state index is 0.252. The molecule has 0 fully saturated rings. The van der Waals surface area contributed by atoms with Crippen LogP contribution in [0, 0.1) is 5.82 Å². The van der Waals surface area contributed by atoms with E-state index < -0.39 is 5.82 Å². The van der Waals surface area contributed by atoms with Crippen LogP contribution in [0.1, 0.15) is 0 Å². The van der Waals surface area contributed by atoms with Crippen LogP contribution in [0.2, 0.25) is 5.02 Å². The quantitative estimate of drug-likeness (QED) is 0.879. The molecule has 0 bridgehead atoms. The van der Waals surface area contributed by atoms with E-state index in [1.807, 2.05) is 0 Å². The molecule has 82 valence electrons. The number of nitrogens with two attached hydrogens (primary N) is 1. The first kappa shape index (κ1) is 11.3.